The predicted molar refractivity (Wildman–Crippen MR) is 107 cm³/mol. The molecule has 1 saturated carbocycles. The average molecular weight is 383 g/mol. The van der Waals surface area contributed by atoms with E-state index >= 15 is 0 Å². The van der Waals surface area contributed by atoms with Crippen LogP contribution in [0.4, 0.5) is 0 Å². The van der Waals surface area contributed by atoms with Crippen LogP contribution in [0.3, 0.4) is 0 Å². The second kappa shape index (κ2) is 13.9. The second-order valence-electron chi connectivity index (χ2n) is 7.76. The Labute approximate surface area is 163 Å². The minimum atomic E-state index is -0.743. The minimum Gasteiger partial charge on any atom is -0.481 e. The van der Waals surface area contributed by atoms with Gasteiger partial charge < -0.3 is 20.4 Å². The van der Waals surface area contributed by atoms with Gasteiger partial charge in [0, 0.05) is 18.8 Å². The van der Waals surface area contributed by atoms with Crippen molar-refractivity contribution in [2.24, 2.45) is 11.8 Å². The van der Waals surface area contributed by atoms with Crippen LogP contribution < -0.4 is 0 Å². The fraction of sp³-hybridized carbons (Fsp3) is 0.773. The number of unbranched alkanes of at least 4 members (excludes halogenated alkanes) is 5. The molecule has 0 amide bonds. The van der Waals surface area contributed by atoms with Gasteiger partial charge >= 0.3 is 5.97 Å². The van der Waals surface area contributed by atoms with Crippen molar-refractivity contribution in [1.82, 2.24) is 0 Å². The van der Waals surface area contributed by atoms with Gasteiger partial charge in [0.25, 0.3) is 0 Å². The Bertz CT molecular complexity index is 460. The van der Waals surface area contributed by atoms with E-state index in [0.717, 1.165) is 44.9 Å². The molecule has 1 aliphatic carbocycles. The third kappa shape index (κ3) is 10.1. The quantitative estimate of drug-likeness (QED) is 0.270. The molecule has 0 unspecified atom stereocenters. The zero-order valence-electron chi connectivity index (χ0n) is 16.7. The molecule has 0 radical (unpaired) electrons. The normalized spacial score (nSPS) is 27.0. The maximum atomic E-state index is 10.4. The Balaban J connectivity index is 2.30. The first-order chi connectivity index (χ1) is 13.0. The van der Waals surface area contributed by atoms with Crippen LogP contribution in [-0.2, 0) is 4.79 Å². The first-order valence-electron chi connectivity index (χ1n) is 10.5. The van der Waals surface area contributed by atoms with Gasteiger partial charge in [-0.3, -0.25) is 4.79 Å². The lowest BCUT2D eigenvalue weighted by Gasteiger charge is -2.21. The minimum absolute atomic E-state index is 0.0790. The van der Waals surface area contributed by atoms with Gasteiger partial charge in [-0.2, -0.15) is 0 Å². The van der Waals surface area contributed by atoms with Crippen molar-refractivity contribution in [1.29, 1.82) is 0 Å². The smallest absolute Gasteiger partial charge is 0.303 e. The molecule has 27 heavy (non-hydrogen) atoms. The van der Waals surface area contributed by atoms with E-state index in [1.807, 2.05) is 18.2 Å². The molecule has 0 heterocycles. The van der Waals surface area contributed by atoms with Gasteiger partial charge in [-0.15, -0.1) is 0 Å². The monoisotopic (exact) mass is 382 g/mol. The van der Waals surface area contributed by atoms with Gasteiger partial charge in [0.05, 0.1) is 18.3 Å². The second-order valence-corrected chi connectivity index (χ2v) is 7.76. The highest BCUT2D eigenvalue weighted by Gasteiger charge is 2.39. The molecular weight excluding hydrogens is 344 g/mol. The third-order valence-electron chi connectivity index (χ3n) is 5.42. The summed E-state index contributed by atoms with van der Waals surface area (Å²) in [7, 11) is 0. The highest BCUT2D eigenvalue weighted by atomic mass is 16.4. The summed E-state index contributed by atoms with van der Waals surface area (Å²) in [4.78, 5) is 10.4. The van der Waals surface area contributed by atoms with Crippen molar-refractivity contribution in [2.45, 2.75) is 95.9 Å². The number of carboxylic acid groups (broad SMARTS) is 1. The Hall–Kier alpha value is -1.17. The van der Waals surface area contributed by atoms with Gasteiger partial charge in [0.1, 0.15) is 0 Å². The van der Waals surface area contributed by atoms with E-state index in [1.54, 1.807) is 6.08 Å². The molecule has 0 aliphatic heterocycles. The van der Waals surface area contributed by atoms with E-state index in [-0.39, 0.29) is 18.3 Å². The number of allylic oxidation sites excluding steroid dienone is 1. The molecule has 0 saturated heterocycles. The van der Waals surface area contributed by atoms with Crippen LogP contribution in [-0.4, -0.2) is 44.7 Å². The molecule has 0 aromatic rings. The third-order valence-corrected chi connectivity index (χ3v) is 5.42. The van der Waals surface area contributed by atoms with Gasteiger partial charge in [0.15, 0.2) is 0 Å². The molecule has 0 aromatic heterocycles. The summed E-state index contributed by atoms with van der Waals surface area (Å²) in [6, 6.07) is 0. The Morgan fingerprint density at radius 1 is 1.07 bits per heavy atom. The van der Waals surface area contributed by atoms with Crippen LogP contribution in [0.15, 0.2) is 24.3 Å². The molecule has 1 aliphatic rings. The van der Waals surface area contributed by atoms with E-state index < -0.39 is 24.3 Å². The molecule has 5 heteroatoms. The summed E-state index contributed by atoms with van der Waals surface area (Å²) in [6.45, 7) is 2.15. The van der Waals surface area contributed by atoms with Crippen LogP contribution >= 0.6 is 0 Å². The van der Waals surface area contributed by atoms with E-state index in [0.29, 0.717) is 19.3 Å². The highest BCUT2D eigenvalue weighted by molar-refractivity contribution is 5.66. The van der Waals surface area contributed by atoms with Crippen molar-refractivity contribution in [3.63, 3.8) is 0 Å². The number of carbonyl (C=O) groups is 1. The summed E-state index contributed by atoms with van der Waals surface area (Å²) in [6.07, 6.45) is 14.9. The maximum Gasteiger partial charge on any atom is 0.303 e. The first-order valence-corrected chi connectivity index (χ1v) is 10.5. The summed E-state index contributed by atoms with van der Waals surface area (Å²) < 4.78 is 0. The Morgan fingerprint density at radius 2 is 1.85 bits per heavy atom. The van der Waals surface area contributed by atoms with Crippen LogP contribution in [0.5, 0.6) is 0 Å². The maximum absolute atomic E-state index is 10.4. The summed E-state index contributed by atoms with van der Waals surface area (Å²) in [5, 5.41) is 39.1. The van der Waals surface area contributed by atoms with Gasteiger partial charge in [0.2, 0.25) is 0 Å². The SMILES string of the molecule is CCCCC[C@@H]1[C@H](/C=C/[C@H](O)C/C=C\CCCCCC(=O)O)[C@H](O)C[C@@H]1O. The predicted octanol–water partition coefficient (Wildman–Crippen LogP) is 3.82. The number of aliphatic carboxylic acids is 1. The molecule has 5 atom stereocenters. The molecular formula is C22H38O5. The average Bonchev–Trinajstić information content (AvgIpc) is 2.88. The van der Waals surface area contributed by atoms with E-state index in [1.165, 1.54) is 0 Å². The largest absolute Gasteiger partial charge is 0.481 e. The van der Waals surface area contributed by atoms with Crippen LogP contribution in [0.1, 0.15) is 77.6 Å². The van der Waals surface area contributed by atoms with Crippen molar-refractivity contribution < 1.29 is 25.2 Å². The molecule has 0 aromatic carbocycles. The van der Waals surface area contributed by atoms with E-state index in [2.05, 4.69) is 6.92 Å². The number of carboxylic acids is 1. The van der Waals surface area contributed by atoms with Crippen molar-refractivity contribution in [2.75, 3.05) is 0 Å². The molecule has 0 bridgehead atoms. The molecule has 1 rings (SSSR count). The van der Waals surface area contributed by atoms with Crippen molar-refractivity contribution in [3.8, 4) is 0 Å². The molecule has 5 nitrogen and oxygen atoms in total. The lowest BCUT2D eigenvalue weighted by molar-refractivity contribution is -0.137. The number of hydrogen-bond acceptors (Lipinski definition) is 4. The topological polar surface area (TPSA) is 98.0 Å². The Morgan fingerprint density at radius 3 is 2.56 bits per heavy atom. The summed E-state index contributed by atoms with van der Waals surface area (Å²) >= 11 is 0. The summed E-state index contributed by atoms with van der Waals surface area (Å²) in [5.41, 5.74) is 0. The van der Waals surface area contributed by atoms with Crippen LogP contribution in [0.25, 0.3) is 0 Å². The summed E-state index contributed by atoms with van der Waals surface area (Å²) in [5.74, 6) is -0.742. The first kappa shape index (κ1) is 23.9. The lowest BCUT2D eigenvalue weighted by atomic mass is 9.88. The van der Waals surface area contributed by atoms with Crippen LogP contribution in [0, 0.1) is 11.8 Å². The number of aliphatic hydroxyl groups is 3. The zero-order chi connectivity index (χ0) is 20.1. The van der Waals surface area contributed by atoms with Crippen molar-refractivity contribution in [3.05, 3.63) is 24.3 Å². The number of rotatable bonds is 14. The number of hydrogen-bond donors (Lipinski definition) is 4. The molecule has 0 spiro atoms. The van der Waals surface area contributed by atoms with Crippen molar-refractivity contribution >= 4 is 5.97 Å². The zero-order valence-corrected chi connectivity index (χ0v) is 16.7. The number of aliphatic hydroxyl groups excluding tert-OH is 3. The highest BCUT2D eigenvalue weighted by Crippen LogP contribution is 2.37. The lowest BCUT2D eigenvalue weighted by Crippen LogP contribution is -2.21. The standard InChI is InChI=1S/C22H38O5/c1-2-3-8-12-18-19(21(25)16-20(18)24)15-14-17(23)11-9-6-4-5-7-10-13-22(26)27/h6,9,14-15,17-21,23-25H,2-5,7-8,10-13,16H2,1H3,(H,26,27)/b9-6-,15-14+/t17-,18-,19+,20+,21-/m1/s1. The van der Waals surface area contributed by atoms with E-state index in [4.69, 9.17) is 5.11 Å². The molecule has 1 fully saturated rings. The van der Waals surface area contributed by atoms with E-state index in [9.17, 15) is 20.1 Å². The molecule has 4 N–H and O–H groups in total. The fourth-order valence-electron chi connectivity index (χ4n) is 3.81. The fourth-order valence-corrected chi connectivity index (χ4v) is 3.81. The molecule has 156 valence electrons. The Kier molecular flexibility index (Phi) is 12.3. The van der Waals surface area contributed by atoms with Gasteiger partial charge in [-0.25, -0.2) is 0 Å². The van der Waals surface area contributed by atoms with Gasteiger partial charge in [-0.1, -0.05) is 56.9 Å². The van der Waals surface area contributed by atoms with Crippen LogP contribution in [0.2, 0.25) is 0 Å². The van der Waals surface area contributed by atoms with Gasteiger partial charge in [-0.05, 0) is 38.0 Å².